The van der Waals surface area contributed by atoms with E-state index in [1.807, 2.05) is 70.3 Å². The van der Waals surface area contributed by atoms with E-state index in [0.29, 0.717) is 12.1 Å². The molecule has 0 radical (unpaired) electrons. The van der Waals surface area contributed by atoms with Gasteiger partial charge in [-0.2, -0.15) is 0 Å². The van der Waals surface area contributed by atoms with Crippen LogP contribution in [0.15, 0.2) is 59.5 Å². The molecular formula is C31H37NO4S. The Hall–Kier alpha value is -2.96. The van der Waals surface area contributed by atoms with E-state index in [1.165, 1.54) is 0 Å². The first-order chi connectivity index (χ1) is 17.3. The number of aliphatic carboxylic acids is 1. The fraction of sp³-hybridized carbons (Fsp3) is 0.419. The highest BCUT2D eigenvalue weighted by molar-refractivity contribution is 7.16. The summed E-state index contributed by atoms with van der Waals surface area (Å²) < 4.78 is 7.81. The van der Waals surface area contributed by atoms with Crippen molar-refractivity contribution in [2.24, 2.45) is 5.41 Å². The third-order valence-corrected chi connectivity index (χ3v) is 8.01. The number of carbonyl (C=O) groups is 1. The highest BCUT2D eigenvalue weighted by Crippen LogP contribution is 2.48. The lowest BCUT2D eigenvalue weighted by atomic mass is 9.76. The minimum atomic E-state index is -1.09. The van der Waals surface area contributed by atoms with Gasteiger partial charge in [-0.05, 0) is 75.1 Å². The summed E-state index contributed by atoms with van der Waals surface area (Å²) in [6, 6.07) is 13.6. The largest absolute Gasteiger partial charge is 0.479 e. The van der Waals surface area contributed by atoms with Crippen LogP contribution in [0.1, 0.15) is 81.6 Å². The first-order valence-corrected chi connectivity index (χ1v) is 13.6. The molecule has 5 nitrogen and oxygen atoms in total. The molecule has 0 amide bonds. The van der Waals surface area contributed by atoms with Crippen molar-refractivity contribution in [3.63, 3.8) is 0 Å². The molecule has 37 heavy (non-hydrogen) atoms. The van der Waals surface area contributed by atoms with Gasteiger partial charge in [-0.25, -0.2) is 4.79 Å². The molecule has 0 fully saturated rings. The molecule has 3 aromatic rings. The second-order valence-electron chi connectivity index (χ2n) is 11.7. The molecule has 6 heteroatoms. The number of pyridine rings is 1. The number of aromatic nitrogens is 1. The van der Waals surface area contributed by atoms with Gasteiger partial charge in [-0.3, -0.25) is 4.79 Å². The first kappa shape index (κ1) is 27.1. The number of allylic oxidation sites excluding steroid dienone is 2. The molecular weight excluding hydrogens is 482 g/mol. The maximum absolute atomic E-state index is 13.1. The Balaban J connectivity index is 1.84. The van der Waals surface area contributed by atoms with Crippen molar-refractivity contribution < 1.29 is 14.6 Å². The van der Waals surface area contributed by atoms with Crippen molar-refractivity contribution in [2.75, 3.05) is 0 Å². The number of carboxylic acid groups (broad SMARTS) is 1. The predicted molar refractivity (Wildman–Crippen MR) is 151 cm³/mol. The summed E-state index contributed by atoms with van der Waals surface area (Å²) in [6.45, 7) is 12.6. The Labute approximate surface area is 223 Å². The monoisotopic (exact) mass is 519 g/mol. The summed E-state index contributed by atoms with van der Waals surface area (Å²) in [6.07, 6.45) is 5.80. The molecule has 1 aliphatic rings. The predicted octanol–water partition coefficient (Wildman–Crippen LogP) is 7.47. The number of ether oxygens (including phenoxy) is 1. The normalized spacial score (nSPS) is 16.3. The van der Waals surface area contributed by atoms with E-state index in [0.717, 1.165) is 51.3 Å². The van der Waals surface area contributed by atoms with Crippen molar-refractivity contribution in [2.45, 2.75) is 79.1 Å². The summed E-state index contributed by atoms with van der Waals surface area (Å²) in [7, 11) is 0. The molecule has 4 rings (SSSR count). The van der Waals surface area contributed by atoms with Crippen LogP contribution in [0, 0.1) is 12.3 Å². The zero-order chi connectivity index (χ0) is 27.0. The van der Waals surface area contributed by atoms with Gasteiger partial charge in [0.05, 0.1) is 12.1 Å². The molecule has 196 valence electrons. The fourth-order valence-electron chi connectivity index (χ4n) is 4.85. The molecule has 1 unspecified atom stereocenters. The molecule has 0 spiro atoms. The maximum atomic E-state index is 13.1. The quantitative estimate of drug-likeness (QED) is 0.352. The van der Waals surface area contributed by atoms with E-state index >= 15 is 0 Å². The first-order valence-electron chi connectivity index (χ1n) is 12.8. The van der Waals surface area contributed by atoms with Gasteiger partial charge in [0.2, 0.25) is 0 Å². The molecule has 2 heterocycles. The molecule has 0 saturated heterocycles. The third-order valence-electron chi connectivity index (χ3n) is 6.84. The van der Waals surface area contributed by atoms with Crippen LogP contribution in [0.25, 0.3) is 16.0 Å². The Morgan fingerprint density at radius 2 is 1.89 bits per heavy atom. The van der Waals surface area contributed by atoms with Gasteiger partial charge >= 0.3 is 5.97 Å². The number of carboxylic acids is 1. The maximum Gasteiger partial charge on any atom is 0.337 e. The van der Waals surface area contributed by atoms with Gasteiger partial charge < -0.3 is 14.4 Å². The van der Waals surface area contributed by atoms with Gasteiger partial charge in [-0.15, -0.1) is 11.3 Å². The zero-order valence-electron chi connectivity index (χ0n) is 22.6. The van der Waals surface area contributed by atoms with Gasteiger partial charge in [0, 0.05) is 33.1 Å². The van der Waals surface area contributed by atoms with E-state index in [2.05, 4.69) is 19.9 Å². The lowest BCUT2D eigenvalue weighted by molar-refractivity contribution is -0.160. The Morgan fingerprint density at radius 1 is 1.19 bits per heavy atom. The van der Waals surface area contributed by atoms with Crippen LogP contribution in [0.5, 0.6) is 0 Å². The number of nitrogens with zero attached hydrogens (tertiary/aromatic N) is 1. The summed E-state index contributed by atoms with van der Waals surface area (Å²) in [5, 5.41) is 10.2. The van der Waals surface area contributed by atoms with E-state index in [-0.39, 0.29) is 11.0 Å². The minimum absolute atomic E-state index is 0.0839. The number of aryl methyl sites for hydroxylation is 1. The van der Waals surface area contributed by atoms with Crippen LogP contribution in [0.4, 0.5) is 0 Å². The molecule has 1 aromatic carbocycles. The summed E-state index contributed by atoms with van der Waals surface area (Å²) in [5.74, 6) is -1.00. The van der Waals surface area contributed by atoms with Crippen LogP contribution >= 0.6 is 11.3 Å². The van der Waals surface area contributed by atoms with Crippen molar-refractivity contribution >= 4 is 22.9 Å². The number of hydrogen-bond donors (Lipinski definition) is 1. The molecule has 1 aliphatic carbocycles. The molecule has 0 saturated carbocycles. The molecule has 2 aromatic heterocycles. The second-order valence-corrected chi connectivity index (χ2v) is 12.9. The van der Waals surface area contributed by atoms with Crippen molar-refractivity contribution in [3.8, 4) is 10.4 Å². The lowest BCUT2D eigenvalue weighted by Gasteiger charge is -2.31. The average Bonchev–Trinajstić information content (AvgIpc) is 3.15. The van der Waals surface area contributed by atoms with Crippen LogP contribution in [-0.2, 0) is 16.1 Å². The van der Waals surface area contributed by atoms with Crippen LogP contribution < -0.4 is 5.56 Å². The average molecular weight is 520 g/mol. The van der Waals surface area contributed by atoms with Gasteiger partial charge in [0.1, 0.15) is 0 Å². The minimum Gasteiger partial charge on any atom is -0.479 e. The summed E-state index contributed by atoms with van der Waals surface area (Å²) in [4.78, 5) is 27.5. The summed E-state index contributed by atoms with van der Waals surface area (Å²) >= 11 is 1.55. The van der Waals surface area contributed by atoms with E-state index in [4.69, 9.17) is 4.74 Å². The molecule has 1 atom stereocenters. The number of benzene rings is 1. The smallest absolute Gasteiger partial charge is 0.337 e. The van der Waals surface area contributed by atoms with Crippen LogP contribution in [0.2, 0.25) is 0 Å². The molecule has 0 bridgehead atoms. The third kappa shape index (κ3) is 6.31. The van der Waals surface area contributed by atoms with Crippen molar-refractivity contribution in [3.05, 3.63) is 86.7 Å². The van der Waals surface area contributed by atoms with E-state index < -0.39 is 17.7 Å². The number of thiophene rings is 1. The molecule has 1 N–H and O–H groups in total. The Morgan fingerprint density at radius 3 is 2.46 bits per heavy atom. The Bertz CT molecular complexity index is 1370. The fourth-order valence-corrected chi connectivity index (χ4v) is 6.06. The summed E-state index contributed by atoms with van der Waals surface area (Å²) in [5.41, 5.74) is 4.15. The van der Waals surface area contributed by atoms with Gasteiger partial charge in [0.25, 0.3) is 5.56 Å². The topological polar surface area (TPSA) is 68.5 Å². The number of rotatable bonds is 7. The lowest BCUT2D eigenvalue weighted by Crippen LogP contribution is -2.28. The Kier molecular flexibility index (Phi) is 7.63. The highest BCUT2D eigenvalue weighted by Gasteiger charge is 2.35. The van der Waals surface area contributed by atoms with Gasteiger partial charge in [0.15, 0.2) is 6.10 Å². The van der Waals surface area contributed by atoms with E-state index in [9.17, 15) is 14.7 Å². The van der Waals surface area contributed by atoms with Crippen molar-refractivity contribution in [1.82, 2.24) is 4.57 Å². The zero-order valence-corrected chi connectivity index (χ0v) is 23.4. The van der Waals surface area contributed by atoms with E-state index in [1.54, 1.807) is 22.0 Å². The SMILES string of the molecule is Cc1sc(-c2ccn(Cc3ccccc3)c(=O)c2)c(C2=CCC(C)(C)CC2)c1C(OC(C)(C)C)C(=O)O. The highest BCUT2D eigenvalue weighted by atomic mass is 32.1. The van der Waals surface area contributed by atoms with Gasteiger partial charge in [-0.1, -0.05) is 50.3 Å². The van der Waals surface area contributed by atoms with Crippen LogP contribution in [-0.4, -0.2) is 21.2 Å². The van der Waals surface area contributed by atoms with Crippen molar-refractivity contribution in [1.29, 1.82) is 0 Å². The standard InChI is InChI=1S/C31H37NO4S/c1-20-25(27(29(34)35)36-30(2,3)4)26(22-12-15-31(5,6)16-13-22)28(37-20)23-14-17-32(24(33)18-23)19-21-10-8-7-9-11-21/h7-12,14,17-18,27H,13,15-16,19H2,1-6H3,(H,34,35). The molecule has 0 aliphatic heterocycles. The second kappa shape index (κ2) is 10.4. The number of hydrogen-bond acceptors (Lipinski definition) is 4. The van der Waals surface area contributed by atoms with Crippen LogP contribution in [0.3, 0.4) is 0 Å².